The van der Waals surface area contributed by atoms with Gasteiger partial charge in [-0.05, 0) is 43.9 Å². The van der Waals surface area contributed by atoms with Gasteiger partial charge in [-0.3, -0.25) is 4.99 Å². The fourth-order valence-corrected chi connectivity index (χ4v) is 4.73. The number of aliphatic imine (C=N–C) groups is 1. The van der Waals surface area contributed by atoms with Gasteiger partial charge in [-0.15, -0.1) is 0 Å². The quantitative estimate of drug-likeness (QED) is 0.486. The molecular weight excluding hydrogens is 298 g/mol. The van der Waals surface area contributed by atoms with Crippen molar-refractivity contribution in [1.82, 2.24) is 10.2 Å². The van der Waals surface area contributed by atoms with E-state index in [1.165, 1.54) is 63.5 Å². The van der Waals surface area contributed by atoms with Gasteiger partial charge >= 0.3 is 0 Å². The monoisotopic (exact) mass is 333 g/mol. The van der Waals surface area contributed by atoms with E-state index in [2.05, 4.69) is 21.3 Å². The maximum absolute atomic E-state index is 5.39. The van der Waals surface area contributed by atoms with Gasteiger partial charge in [0, 0.05) is 26.7 Å². The molecule has 0 aromatic heterocycles. The average molecular weight is 334 g/mol. The van der Waals surface area contributed by atoms with Crippen molar-refractivity contribution >= 4 is 5.96 Å². The molecule has 0 bridgehead atoms. The smallest absolute Gasteiger partial charge is 0.193 e. The highest BCUT2D eigenvalue weighted by Gasteiger charge is 2.36. The molecule has 1 aliphatic carbocycles. The van der Waals surface area contributed by atoms with Crippen molar-refractivity contribution in [2.45, 2.75) is 64.2 Å². The molecule has 0 aromatic carbocycles. The summed E-state index contributed by atoms with van der Waals surface area (Å²) in [4.78, 5) is 7.12. The van der Waals surface area contributed by atoms with E-state index in [0.29, 0.717) is 5.41 Å². The number of hydrogen-bond donors (Lipinski definition) is 1. The number of hydrogen-bond acceptors (Lipinski definition) is 2. The summed E-state index contributed by atoms with van der Waals surface area (Å²) in [6, 6.07) is 0. The summed E-state index contributed by atoms with van der Waals surface area (Å²) >= 11 is 0. The van der Waals surface area contributed by atoms with Crippen LogP contribution in [-0.2, 0) is 4.74 Å². The highest BCUT2D eigenvalue weighted by atomic mass is 16.5. The molecule has 0 radical (unpaired) electrons. The van der Waals surface area contributed by atoms with Crippen LogP contribution in [0.25, 0.3) is 0 Å². The van der Waals surface area contributed by atoms with E-state index in [9.17, 15) is 0 Å². The van der Waals surface area contributed by atoms with Gasteiger partial charge in [0.15, 0.2) is 5.96 Å². The van der Waals surface area contributed by atoms with Crippen LogP contribution in [0.3, 0.4) is 0 Å². The third-order valence-electron chi connectivity index (χ3n) is 6.12. The molecule has 3 rings (SSSR count). The number of nitrogens with zero attached hydrogens (tertiary/aromatic N) is 2. The zero-order chi connectivity index (χ0) is 16.7. The van der Waals surface area contributed by atoms with E-state index in [4.69, 9.17) is 4.74 Å². The van der Waals surface area contributed by atoms with Crippen LogP contribution < -0.4 is 5.32 Å². The Balaban J connectivity index is 1.51. The first-order valence-corrected chi connectivity index (χ1v) is 10.0. The Kier molecular flexibility index (Phi) is 6.59. The molecule has 1 spiro atoms. The molecule has 1 saturated carbocycles. The number of guanidine groups is 1. The Morgan fingerprint density at radius 3 is 2.71 bits per heavy atom. The third kappa shape index (κ3) is 4.75. The van der Waals surface area contributed by atoms with Crippen molar-refractivity contribution in [3.63, 3.8) is 0 Å². The highest BCUT2D eigenvalue weighted by molar-refractivity contribution is 5.80. The summed E-state index contributed by atoms with van der Waals surface area (Å²) in [5.41, 5.74) is 2.10. The second-order valence-electron chi connectivity index (χ2n) is 7.85. The molecule has 2 aliphatic heterocycles. The zero-order valence-electron chi connectivity index (χ0n) is 15.5. The lowest BCUT2D eigenvalue weighted by Crippen LogP contribution is -2.50. The standard InChI is InChI=1S/C20H35N3O/c1-21-19(22-13-7-18-8-15-24-16-9-18)23-14-6-12-20(17-23)10-4-2-3-5-11-20/h8H,2-7,9-17H2,1H3,(H,21,22). The Morgan fingerprint density at radius 2 is 2.00 bits per heavy atom. The molecule has 1 N–H and O–H groups in total. The van der Waals surface area contributed by atoms with Crippen molar-refractivity contribution in [2.75, 3.05) is 39.9 Å². The number of piperidine rings is 1. The van der Waals surface area contributed by atoms with Crippen LogP contribution in [0.4, 0.5) is 0 Å². The molecule has 4 nitrogen and oxygen atoms in total. The molecule has 136 valence electrons. The predicted molar refractivity (Wildman–Crippen MR) is 100 cm³/mol. The van der Waals surface area contributed by atoms with E-state index in [1.54, 1.807) is 0 Å². The van der Waals surface area contributed by atoms with E-state index < -0.39 is 0 Å². The van der Waals surface area contributed by atoms with Crippen LogP contribution in [0.2, 0.25) is 0 Å². The van der Waals surface area contributed by atoms with Crippen molar-refractivity contribution < 1.29 is 4.74 Å². The summed E-state index contributed by atoms with van der Waals surface area (Å²) in [6.45, 7) is 5.04. The maximum atomic E-state index is 5.39. The topological polar surface area (TPSA) is 36.9 Å². The molecule has 3 aliphatic rings. The van der Waals surface area contributed by atoms with E-state index >= 15 is 0 Å². The van der Waals surface area contributed by atoms with Gasteiger partial charge in [0.05, 0.1) is 13.2 Å². The van der Waals surface area contributed by atoms with Crippen LogP contribution >= 0.6 is 0 Å². The second kappa shape index (κ2) is 8.89. The number of rotatable bonds is 3. The number of likely N-dealkylation sites (tertiary alicyclic amines) is 1. The minimum Gasteiger partial charge on any atom is -0.377 e. The normalized spacial score (nSPS) is 25.3. The van der Waals surface area contributed by atoms with Gasteiger partial charge in [0.25, 0.3) is 0 Å². The van der Waals surface area contributed by atoms with Gasteiger partial charge in [-0.2, -0.15) is 0 Å². The van der Waals surface area contributed by atoms with Crippen molar-refractivity contribution in [2.24, 2.45) is 10.4 Å². The lowest BCUT2D eigenvalue weighted by atomic mass is 9.74. The lowest BCUT2D eigenvalue weighted by molar-refractivity contribution is 0.115. The largest absolute Gasteiger partial charge is 0.377 e. The number of ether oxygens (including phenoxy) is 1. The first kappa shape index (κ1) is 17.8. The third-order valence-corrected chi connectivity index (χ3v) is 6.12. The minimum absolute atomic E-state index is 0.565. The van der Waals surface area contributed by atoms with E-state index in [1.807, 2.05) is 7.05 Å². The van der Waals surface area contributed by atoms with Crippen molar-refractivity contribution in [1.29, 1.82) is 0 Å². The molecule has 2 heterocycles. The van der Waals surface area contributed by atoms with Gasteiger partial charge in [-0.1, -0.05) is 37.3 Å². The van der Waals surface area contributed by atoms with Gasteiger partial charge < -0.3 is 15.0 Å². The Bertz CT molecular complexity index is 450. The van der Waals surface area contributed by atoms with Crippen LogP contribution in [0.1, 0.15) is 64.2 Å². The van der Waals surface area contributed by atoms with Crippen LogP contribution in [0.15, 0.2) is 16.6 Å². The first-order valence-electron chi connectivity index (χ1n) is 10.0. The predicted octanol–water partition coefficient (Wildman–Crippen LogP) is 3.74. The molecule has 0 aromatic rings. The van der Waals surface area contributed by atoms with Crippen LogP contribution in [0.5, 0.6) is 0 Å². The first-order chi connectivity index (χ1) is 11.8. The highest BCUT2D eigenvalue weighted by Crippen LogP contribution is 2.42. The summed E-state index contributed by atoms with van der Waals surface area (Å²) in [5.74, 6) is 1.12. The molecule has 2 fully saturated rings. The molecule has 4 heteroatoms. The molecule has 0 amide bonds. The van der Waals surface area contributed by atoms with Crippen LogP contribution in [0, 0.1) is 5.41 Å². The Hall–Kier alpha value is -1.03. The molecule has 0 atom stereocenters. The van der Waals surface area contributed by atoms with Crippen molar-refractivity contribution in [3.05, 3.63) is 11.6 Å². The molecule has 0 unspecified atom stereocenters. The zero-order valence-corrected chi connectivity index (χ0v) is 15.5. The molecule has 1 saturated heterocycles. The van der Waals surface area contributed by atoms with Crippen LogP contribution in [-0.4, -0.2) is 50.8 Å². The summed E-state index contributed by atoms with van der Waals surface area (Å²) < 4.78 is 5.39. The lowest BCUT2D eigenvalue weighted by Gasteiger charge is -2.44. The molecular formula is C20H35N3O. The average Bonchev–Trinajstić information content (AvgIpc) is 2.85. The maximum Gasteiger partial charge on any atom is 0.193 e. The Morgan fingerprint density at radius 1 is 1.21 bits per heavy atom. The summed E-state index contributed by atoms with van der Waals surface area (Å²) in [5, 5.41) is 3.62. The summed E-state index contributed by atoms with van der Waals surface area (Å²) in [7, 11) is 1.93. The fourth-order valence-electron chi connectivity index (χ4n) is 4.73. The van der Waals surface area contributed by atoms with Gasteiger partial charge in [0.2, 0.25) is 0 Å². The second-order valence-corrected chi connectivity index (χ2v) is 7.85. The number of nitrogens with one attached hydrogen (secondary N) is 1. The van der Waals surface area contributed by atoms with Crippen molar-refractivity contribution in [3.8, 4) is 0 Å². The van der Waals surface area contributed by atoms with E-state index in [0.717, 1.165) is 45.1 Å². The van der Waals surface area contributed by atoms with Gasteiger partial charge in [0.1, 0.15) is 0 Å². The van der Waals surface area contributed by atoms with Gasteiger partial charge in [-0.25, -0.2) is 0 Å². The minimum atomic E-state index is 0.565. The SMILES string of the molecule is CN=C(NCCC1=CCOCC1)N1CCCC2(CCCCCC2)C1. The molecule has 24 heavy (non-hydrogen) atoms. The fraction of sp³-hybridized carbons (Fsp3) is 0.850. The summed E-state index contributed by atoms with van der Waals surface area (Å²) in [6.07, 6.45) is 15.8. The van der Waals surface area contributed by atoms with E-state index in [-0.39, 0.29) is 0 Å². The Labute approximate surface area is 147 Å².